The van der Waals surface area contributed by atoms with Gasteiger partial charge in [0, 0.05) is 15.8 Å². The van der Waals surface area contributed by atoms with Crippen molar-refractivity contribution in [1.29, 1.82) is 0 Å². The highest BCUT2D eigenvalue weighted by Gasteiger charge is 2.70. The number of anilines is 1. The molecule has 0 spiro atoms. The quantitative estimate of drug-likeness (QED) is 0.176. The van der Waals surface area contributed by atoms with Crippen LogP contribution in [0, 0.1) is 23.7 Å². The molecule has 0 radical (unpaired) electrons. The Bertz CT molecular complexity index is 1980. The van der Waals surface area contributed by atoms with Crippen LogP contribution in [-0.2, 0) is 31.1 Å². The number of imide groups is 2. The summed E-state index contributed by atoms with van der Waals surface area (Å²) in [4.78, 5) is 61.8. The van der Waals surface area contributed by atoms with E-state index >= 15 is 4.79 Å². The van der Waals surface area contributed by atoms with Gasteiger partial charge in [0.1, 0.15) is 12.4 Å². The average Bonchev–Trinajstić information content (AvgIpc) is 3.79. The Morgan fingerprint density at radius 1 is 0.878 bits per heavy atom. The van der Waals surface area contributed by atoms with Crippen molar-refractivity contribution in [2.75, 3.05) is 18.1 Å². The second kappa shape index (κ2) is 12.4. The molecule has 3 aromatic carbocycles. The monoisotopic (exact) mass is 692 g/mol. The smallest absolute Gasteiger partial charge is 0.246 e. The van der Waals surface area contributed by atoms with Gasteiger partial charge in [-0.3, -0.25) is 24.1 Å². The first kappa shape index (κ1) is 31.7. The lowest BCUT2D eigenvalue weighted by Crippen LogP contribution is -2.53. The van der Waals surface area contributed by atoms with Crippen LogP contribution in [0.4, 0.5) is 5.69 Å². The van der Waals surface area contributed by atoms with E-state index in [9.17, 15) is 19.5 Å². The molecule has 1 N–H and O–H groups in total. The average molecular weight is 693 g/mol. The highest BCUT2D eigenvalue weighted by molar-refractivity contribution is 7.09. The molecule has 8 rings (SSSR count). The molecule has 2 aliphatic carbocycles. The van der Waals surface area contributed by atoms with Crippen molar-refractivity contribution >= 4 is 52.3 Å². The molecule has 3 heterocycles. The van der Waals surface area contributed by atoms with Crippen molar-refractivity contribution in [1.82, 2.24) is 4.90 Å². The molecule has 6 atom stereocenters. The molecule has 6 unspecified atom stereocenters. The lowest BCUT2D eigenvalue weighted by molar-refractivity contribution is -0.141. The third-order valence-corrected chi connectivity index (χ3v) is 11.8. The summed E-state index contributed by atoms with van der Waals surface area (Å²) in [6.45, 7) is 0.224. The summed E-state index contributed by atoms with van der Waals surface area (Å²) >= 11 is 7.90. The fourth-order valence-electron chi connectivity index (χ4n) is 8.82. The maximum Gasteiger partial charge on any atom is 0.246 e. The third kappa shape index (κ3) is 4.89. The van der Waals surface area contributed by atoms with E-state index in [2.05, 4.69) is 6.08 Å². The van der Waals surface area contributed by atoms with Crippen molar-refractivity contribution in [3.05, 3.63) is 129 Å². The number of hydrogen-bond acceptors (Lipinski definition) is 7. The van der Waals surface area contributed by atoms with Gasteiger partial charge in [-0.25, -0.2) is 4.90 Å². The Morgan fingerprint density at radius 3 is 2.39 bits per heavy atom. The highest BCUT2D eigenvalue weighted by atomic mass is 35.5. The van der Waals surface area contributed by atoms with Crippen LogP contribution in [0.2, 0.25) is 5.02 Å². The number of benzene rings is 3. The second-order valence-corrected chi connectivity index (χ2v) is 14.5. The van der Waals surface area contributed by atoms with E-state index in [-0.39, 0.29) is 49.8 Å². The zero-order valence-corrected chi connectivity index (χ0v) is 28.0. The van der Waals surface area contributed by atoms with E-state index in [1.807, 2.05) is 60.0 Å². The standard InChI is InChI=1S/C39H33ClN2O6S/c40-25-8-4-9-26(20-25)42-36(45)32-21-31-29(15-16-30-33(31)37(46)41(35(30)44)22-28-10-5-19-49-28)34(23-11-13-27(14-12-23)48-18-17-43)39(32,38(42)47)24-6-2-1-3-7-24/h1-15,19-20,30-34,43H,16-18,21-22H2. The first-order valence-corrected chi connectivity index (χ1v) is 17.7. The van der Waals surface area contributed by atoms with Crippen molar-refractivity contribution in [2.45, 2.75) is 30.7 Å². The number of aliphatic hydroxyl groups is 1. The van der Waals surface area contributed by atoms with Gasteiger partial charge in [-0.1, -0.05) is 77.8 Å². The third-order valence-electron chi connectivity index (χ3n) is 10.7. The fourth-order valence-corrected chi connectivity index (χ4v) is 9.70. The number of rotatable bonds is 8. The molecule has 4 aliphatic rings. The topological polar surface area (TPSA) is 104 Å². The van der Waals surface area contributed by atoms with E-state index in [1.54, 1.807) is 36.4 Å². The van der Waals surface area contributed by atoms with Gasteiger partial charge in [0.2, 0.25) is 23.6 Å². The van der Waals surface area contributed by atoms with Crippen molar-refractivity contribution in [2.24, 2.45) is 23.7 Å². The van der Waals surface area contributed by atoms with Gasteiger partial charge in [-0.15, -0.1) is 11.3 Å². The van der Waals surface area contributed by atoms with Gasteiger partial charge < -0.3 is 9.84 Å². The minimum atomic E-state index is -1.34. The minimum absolute atomic E-state index is 0.132. The van der Waals surface area contributed by atoms with Crippen LogP contribution >= 0.6 is 22.9 Å². The van der Waals surface area contributed by atoms with Gasteiger partial charge in [0.15, 0.2) is 0 Å². The maximum absolute atomic E-state index is 15.3. The largest absolute Gasteiger partial charge is 0.491 e. The normalized spacial score (nSPS) is 27.6. The van der Waals surface area contributed by atoms with E-state index < -0.39 is 35.0 Å². The summed E-state index contributed by atoms with van der Waals surface area (Å²) < 4.78 is 5.67. The highest BCUT2D eigenvalue weighted by Crippen LogP contribution is 2.64. The lowest BCUT2D eigenvalue weighted by Gasteiger charge is -2.50. The molecule has 8 nitrogen and oxygen atoms in total. The number of allylic oxidation sites excluding steroid dienone is 2. The Morgan fingerprint density at radius 2 is 1.67 bits per heavy atom. The zero-order chi connectivity index (χ0) is 33.9. The summed E-state index contributed by atoms with van der Waals surface area (Å²) in [6, 6.07) is 27.4. The fraction of sp³-hybridized carbons (Fsp3) is 0.282. The van der Waals surface area contributed by atoms with Gasteiger partial charge in [0.05, 0.1) is 42.0 Å². The van der Waals surface area contributed by atoms with Gasteiger partial charge in [-0.2, -0.15) is 0 Å². The van der Waals surface area contributed by atoms with Crippen molar-refractivity contribution in [3.8, 4) is 5.75 Å². The molecule has 1 aromatic heterocycles. The molecule has 2 saturated heterocycles. The number of ether oxygens (including phenoxy) is 1. The number of aliphatic hydroxyl groups excluding tert-OH is 1. The predicted molar refractivity (Wildman–Crippen MR) is 185 cm³/mol. The van der Waals surface area contributed by atoms with E-state index in [0.717, 1.165) is 16.0 Å². The van der Waals surface area contributed by atoms with Gasteiger partial charge in [0.25, 0.3) is 0 Å². The Labute approximate surface area is 292 Å². The maximum atomic E-state index is 15.3. The molecule has 248 valence electrons. The lowest BCUT2D eigenvalue weighted by atomic mass is 9.49. The summed E-state index contributed by atoms with van der Waals surface area (Å²) in [7, 11) is 0. The zero-order valence-electron chi connectivity index (χ0n) is 26.4. The molecule has 3 fully saturated rings. The van der Waals surface area contributed by atoms with E-state index in [4.69, 9.17) is 16.3 Å². The number of hydrogen-bond donors (Lipinski definition) is 1. The number of halogens is 1. The number of carbonyl (C=O) groups is 4. The number of fused-ring (bicyclic) bond motifs is 4. The SMILES string of the molecule is O=C1C2CC=C3C(CC4C(=O)N(c5cccc(Cl)c5)C(=O)C4(c4ccccc4)C3c3ccc(OCCO)cc3)C2C(=O)N1Cc1cccs1. The number of carbonyl (C=O) groups excluding carboxylic acids is 4. The number of thiophene rings is 1. The molecule has 1 saturated carbocycles. The first-order chi connectivity index (χ1) is 23.8. The minimum Gasteiger partial charge on any atom is -0.491 e. The summed E-state index contributed by atoms with van der Waals surface area (Å²) in [5.41, 5.74) is 1.46. The van der Waals surface area contributed by atoms with E-state index in [1.165, 1.54) is 21.1 Å². The summed E-state index contributed by atoms with van der Waals surface area (Å²) in [5.74, 6) is -3.60. The van der Waals surface area contributed by atoms with E-state index in [0.29, 0.717) is 28.4 Å². The molecule has 0 bridgehead atoms. The molecular weight excluding hydrogens is 660 g/mol. The predicted octanol–water partition coefficient (Wildman–Crippen LogP) is 6.14. The van der Waals surface area contributed by atoms with Crippen molar-refractivity contribution < 1.29 is 29.0 Å². The number of nitrogens with zero attached hydrogens (tertiary/aromatic N) is 2. The van der Waals surface area contributed by atoms with Crippen LogP contribution < -0.4 is 9.64 Å². The van der Waals surface area contributed by atoms with Crippen LogP contribution in [0.25, 0.3) is 0 Å². The van der Waals surface area contributed by atoms with Crippen LogP contribution in [0.3, 0.4) is 0 Å². The Hall–Kier alpha value is -4.57. The molecular formula is C39H33ClN2O6S. The Balaban J connectivity index is 1.31. The molecule has 49 heavy (non-hydrogen) atoms. The Kier molecular flexibility index (Phi) is 8.01. The molecule has 2 aliphatic heterocycles. The number of amides is 4. The summed E-state index contributed by atoms with van der Waals surface area (Å²) in [6.07, 6.45) is 2.67. The van der Waals surface area contributed by atoms with Crippen LogP contribution in [0.5, 0.6) is 5.75 Å². The molecule has 4 amide bonds. The van der Waals surface area contributed by atoms with Crippen LogP contribution in [0.1, 0.15) is 34.8 Å². The van der Waals surface area contributed by atoms with Gasteiger partial charge >= 0.3 is 0 Å². The summed E-state index contributed by atoms with van der Waals surface area (Å²) in [5, 5.41) is 11.6. The first-order valence-electron chi connectivity index (χ1n) is 16.4. The molecule has 4 aromatic rings. The number of likely N-dealkylation sites (tertiary alicyclic amines) is 1. The second-order valence-electron chi connectivity index (χ2n) is 13.1. The van der Waals surface area contributed by atoms with Crippen molar-refractivity contribution in [3.63, 3.8) is 0 Å². The van der Waals surface area contributed by atoms with Crippen LogP contribution in [-0.4, -0.2) is 46.8 Å². The molecule has 10 heteroatoms. The van der Waals surface area contributed by atoms with Gasteiger partial charge in [-0.05, 0) is 71.7 Å². The van der Waals surface area contributed by atoms with Crippen LogP contribution in [0.15, 0.2) is 108 Å².